The van der Waals surface area contributed by atoms with E-state index in [2.05, 4.69) is 5.32 Å². The largest absolute Gasteiger partial charge is 0.495 e. The minimum absolute atomic E-state index is 0.0152. The fourth-order valence-corrected chi connectivity index (χ4v) is 2.24. The molecule has 0 bridgehead atoms. The maximum absolute atomic E-state index is 12.1. The maximum atomic E-state index is 12.1. The number of nitrogens with two attached hydrogens (primary N) is 1. The van der Waals surface area contributed by atoms with Crippen LogP contribution in [0.2, 0.25) is 0 Å². The number of amides is 1. The molecule has 1 fully saturated rings. The summed E-state index contributed by atoms with van der Waals surface area (Å²) in [5.41, 5.74) is 6.43. The Morgan fingerprint density at radius 3 is 2.74 bits per heavy atom. The van der Waals surface area contributed by atoms with E-state index in [-0.39, 0.29) is 23.5 Å². The van der Waals surface area contributed by atoms with Crippen molar-refractivity contribution in [3.63, 3.8) is 0 Å². The number of aliphatic hydroxyl groups is 1. The summed E-state index contributed by atoms with van der Waals surface area (Å²) in [5.74, 6) is 0.309. The zero-order valence-corrected chi connectivity index (χ0v) is 11.4. The first kappa shape index (κ1) is 13.7. The van der Waals surface area contributed by atoms with Crippen LogP contribution in [0.1, 0.15) is 30.6 Å². The molecule has 1 aliphatic carbocycles. The Morgan fingerprint density at radius 1 is 1.53 bits per heavy atom. The number of nitrogens with one attached hydrogen (secondary N) is 1. The van der Waals surface area contributed by atoms with Gasteiger partial charge in [0.05, 0.1) is 18.9 Å². The lowest BCUT2D eigenvalue weighted by Gasteiger charge is -2.49. The molecule has 1 aliphatic rings. The summed E-state index contributed by atoms with van der Waals surface area (Å²) in [6, 6.07) is 4.91. The first-order valence-electron chi connectivity index (χ1n) is 6.28. The summed E-state index contributed by atoms with van der Waals surface area (Å²) < 4.78 is 5.09. The van der Waals surface area contributed by atoms with Crippen molar-refractivity contribution >= 4 is 11.6 Å². The zero-order chi connectivity index (χ0) is 14.2. The summed E-state index contributed by atoms with van der Waals surface area (Å²) in [4.78, 5) is 12.1. The Labute approximate surface area is 112 Å². The van der Waals surface area contributed by atoms with Gasteiger partial charge in [0.25, 0.3) is 5.91 Å². The van der Waals surface area contributed by atoms with Crippen LogP contribution < -0.4 is 15.8 Å². The van der Waals surface area contributed by atoms with Gasteiger partial charge in [-0.15, -0.1) is 0 Å². The van der Waals surface area contributed by atoms with Gasteiger partial charge in [-0.1, -0.05) is 13.8 Å². The van der Waals surface area contributed by atoms with Gasteiger partial charge in [-0.25, -0.2) is 0 Å². The molecule has 2 unspecified atom stereocenters. The summed E-state index contributed by atoms with van der Waals surface area (Å²) in [7, 11) is 1.51. The van der Waals surface area contributed by atoms with Gasteiger partial charge >= 0.3 is 0 Å². The van der Waals surface area contributed by atoms with Gasteiger partial charge in [0.15, 0.2) is 0 Å². The maximum Gasteiger partial charge on any atom is 0.251 e. The monoisotopic (exact) mass is 264 g/mol. The molecule has 0 heterocycles. The fourth-order valence-electron chi connectivity index (χ4n) is 2.24. The molecule has 0 saturated heterocycles. The molecule has 2 atom stereocenters. The standard InChI is InChI=1S/C14H20N2O3/c1-14(2)11(7-12(14)17)16-13(18)8-4-5-9(15)10(6-8)19-3/h4-6,11-12,17H,7,15H2,1-3H3,(H,16,18). The topological polar surface area (TPSA) is 84.6 Å². The molecule has 0 spiro atoms. The first-order valence-corrected chi connectivity index (χ1v) is 6.28. The van der Waals surface area contributed by atoms with Crippen LogP contribution in [0.3, 0.4) is 0 Å². The number of carbonyl (C=O) groups excluding carboxylic acids is 1. The average molecular weight is 264 g/mol. The predicted octanol–water partition coefficient (Wildman–Crippen LogP) is 1.17. The highest BCUT2D eigenvalue weighted by Gasteiger charge is 2.47. The number of benzene rings is 1. The van der Waals surface area contributed by atoms with Crippen molar-refractivity contribution in [2.45, 2.75) is 32.4 Å². The smallest absolute Gasteiger partial charge is 0.251 e. The molecule has 1 saturated carbocycles. The molecule has 1 aromatic carbocycles. The zero-order valence-electron chi connectivity index (χ0n) is 11.4. The summed E-state index contributed by atoms with van der Waals surface area (Å²) in [6.45, 7) is 3.88. The lowest BCUT2D eigenvalue weighted by atomic mass is 9.64. The Hall–Kier alpha value is -1.75. The quantitative estimate of drug-likeness (QED) is 0.715. The van der Waals surface area contributed by atoms with E-state index < -0.39 is 0 Å². The van der Waals surface area contributed by atoms with Gasteiger partial charge in [-0.3, -0.25) is 4.79 Å². The lowest BCUT2D eigenvalue weighted by molar-refractivity contribution is -0.0689. The number of methoxy groups -OCH3 is 1. The molecule has 0 aliphatic heterocycles. The number of ether oxygens (including phenoxy) is 1. The SMILES string of the molecule is COc1cc(C(=O)NC2CC(O)C2(C)C)ccc1N. The molecule has 0 aromatic heterocycles. The second-order valence-corrected chi connectivity index (χ2v) is 5.56. The van der Waals surface area contributed by atoms with Crippen molar-refractivity contribution < 1.29 is 14.6 Å². The second-order valence-electron chi connectivity index (χ2n) is 5.56. The van der Waals surface area contributed by atoms with Crippen molar-refractivity contribution in [2.24, 2.45) is 5.41 Å². The summed E-state index contributed by atoms with van der Waals surface area (Å²) in [5, 5.41) is 12.6. The van der Waals surface area contributed by atoms with Crippen molar-refractivity contribution in [2.75, 3.05) is 12.8 Å². The number of anilines is 1. The second kappa shape index (κ2) is 4.74. The minimum Gasteiger partial charge on any atom is -0.495 e. The number of hydrogen-bond donors (Lipinski definition) is 3. The van der Waals surface area contributed by atoms with Crippen LogP contribution in [0.4, 0.5) is 5.69 Å². The number of hydrogen-bond acceptors (Lipinski definition) is 4. The van der Waals surface area contributed by atoms with Crippen LogP contribution in [0.15, 0.2) is 18.2 Å². The Kier molecular flexibility index (Phi) is 3.41. The van der Waals surface area contributed by atoms with Crippen LogP contribution in [-0.4, -0.2) is 30.3 Å². The van der Waals surface area contributed by atoms with Gasteiger partial charge in [0.2, 0.25) is 0 Å². The molecule has 4 N–H and O–H groups in total. The third-order valence-corrected chi connectivity index (χ3v) is 4.02. The van der Waals surface area contributed by atoms with E-state index in [1.54, 1.807) is 18.2 Å². The average Bonchev–Trinajstić information content (AvgIpc) is 2.38. The number of rotatable bonds is 3. The summed E-state index contributed by atoms with van der Waals surface area (Å²) in [6.07, 6.45) is 0.226. The van der Waals surface area contributed by atoms with E-state index in [1.165, 1.54) is 7.11 Å². The lowest BCUT2D eigenvalue weighted by Crippen LogP contribution is -2.61. The molecule has 2 rings (SSSR count). The van der Waals surface area contributed by atoms with Crippen LogP contribution in [0.25, 0.3) is 0 Å². The van der Waals surface area contributed by atoms with Crippen LogP contribution in [-0.2, 0) is 0 Å². The predicted molar refractivity (Wildman–Crippen MR) is 73.1 cm³/mol. The van der Waals surface area contributed by atoms with Crippen molar-refractivity contribution in [1.29, 1.82) is 0 Å². The van der Waals surface area contributed by atoms with Gasteiger partial charge in [0, 0.05) is 17.0 Å². The normalized spacial score (nSPS) is 24.4. The number of aliphatic hydroxyl groups excluding tert-OH is 1. The van der Waals surface area contributed by atoms with Crippen molar-refractivity contribution in [3.05, 3.63) is 23.8 Å². The third-order valence-electron chi connectivity index (χ3n) is 4.02. The van der Waals surface area contributed by atoms with Crippen LogP contribution >= 0.6 is 0 Å². The Balaban J connectivity index is 2.09. The number of nitrogen functional groups attached to an aromatic ring is 1. The molecule has 5 nitrogen and oxygen atoms in total. The van der Waals surface area contributed by atoms with E-state index in [4.69, 9.17) is 10.5 Å². The van der Waals surface area contributed by atoms with Gasteiger partial charge in [0.1, 0.15) is 5.75 Å². The Morgan fingerprint density at radius 2 is 2.21 bits per heavy atom. The number of carbonyl (C=O) groups is 1. The van der Waals surface area contributed by atoms with Gasteiger partial charge < -0.3 is 20.9 Å². The molecule has 1 amide bonds. The van der Waals surface area contributed by atoms with Crippen molar-refractivity contribution in [3.8, 4) is 5.75 Å². The molecular formula is C14H20N2O3. The molecule has 19 heavy (non-hydrogen) atoms. The van der Waals surface area contributed by atoms with E-state index >= 15 is 0 Å². The third kappa shape index (κ3) is 2.38. The Bertz CT molecular complexity index is 499. The molecule has 1 aromatic rings. The van der Waals surface area contributed by atoms with Crippen LogP contribution in [0, 0.1) is 5.41 Å². The molecular weight excluding hydrogens is 244 g/mol. The highest BCUT2D eigenvalue weighted by Crippen LogP contribution is 2.40. The fraction of sp³-hybridized carbons (Fsp3) is 0.500. The summed E-state index contributed by atoms with van der Waals surface area (Å²) >= 11 is 0. The van der Waals surface area contributed by atoms with E-state index in [9.17, 15) is 9.90 Å². The minimum atomic E-state index is -0.362. The molecule has 0 radical (unpaired) electrons. The highest BCUT2D eigenvalue weighted by molar-refractivity contribution is 5.95. The first-order chi connectivity index (χ1) is 8.86. The molecule has 5 heteroatoms. The van der Waals surface area contributed by atoms with Crippen molar-refractivity contribution in [1.82, 2.24) is 5.32 Å². The molecule has 104 valence electrons. The van der Waals surface area contributed by atoms with Crippen LogP contribution in [0.5, 0.6) is 5.75 Å². The van der Waals surface area contributed by atoms with Gasteiger partial charge in [-0.2, -0.15) is 0 Å². The highest BCUT2D eigenvalue weighted by atomic mass is 16.5. The van der Waals surface area contributed by atoms with E-state index in [0.29, 0.717) is 23.4 Å². The van der Waals surface area contributed by atoms with E-state index in [0.717, 1.165) is 0 Å². The van der Waals surface area contributed by atoms with Gasteiger partial charge in [-0.05, 0) is 24.6 Å². The van der Waals surface area contributed by atoms with E-state index in [1.807, 2.05) is 13.8 Å².